The number of aromatic nitrogens is 2. The number of halogens is 3. The van der Waals surface area contributed by atoms with E-state index in [9.17, 15) is 22.8 Å². The van der Waals surface area contributed by atoms with Crippen LogP contribution in [0.5, 0.6) is 11.6 Å². The number of sulfonamides is 1. The number of amides is 3. The molecular weight excluding hydrogens is 755 g/mol. The first-order chi connectivity index (χ1) is 24.4. The second kappa shape index (κ2) is 14.2. The molecule has 3 amide bonds. The summed E-state index contributed by atoms with van der Waals surface area (Å²) in [6.45, 7) is 9.29. The molecule has 3 fully saturated rings. The highest BCUT2D eigenvalue weighted by molar-refractivity contribution is 7.91. The van der Waals surface area contributed by atoms with E-state index >= 15 is 0 Å². The van der Waals surface area contributed by atoms with Gasteiger partial charge in [-0.2, -0.15) is 0 Å². The molecule has 52 heavy (non-hydrogen) atoms. The Kier molecular flexibility index (Phi) is 10.3. The van der Waals surface area contributed by atoms with Gasteiger partial charge >= 0.3 is 0 Å². The number of nitrogens with one attached hydrogen (secondary N) is 3. The van der Waals surface area contributed by atoms with Gasteiger partial charge in [0.1, 0.15) is 40.4 Å². The lowest BCUT2D eigenvalue weighted by atomic mass is 9.85. The lowest BCUT2D eigenvalue weighted by molar-refractivity contribution is -0.141. The summed E-state index contributed by atoms with van der Waals surface area (Å²) in [5.74, 6) is -1.51. The van der Waals surface area contributed by atoms with Crippen molar-refractivity contribution in [2.24, 2.45) is 11.3 Å². The van der Waals surface area contributed by atoms with Crippen LogP contribution in [0.25, 0.3) is 10.8 Å². The van der Waals surface area contributed by atoms with Gasteiger partial charge in [0.2, 0.25) is 27.7 Å². The third-order valence-corrected chi connectivity index (χ3v) is 12.0. The quantitative estimate of drug-likeness (QED) is 0.165. The fourth-order valence-electron chi connectivity index (χ4n) is 6.48. The van der Waals surface area contributed by atoms with Gasteiger partial charge in [-0.3, -0.25) is 19.1 Å². The predicted molar refractivity (Wildman–Crippen MR) is 198 cm³/mol. The second-order valence-corrected chi connectivity index (χ2v) is 17.6. The average Bonchev–Trinajstić information content (AvgIpc) is 3.99. The summed E-state index contributed by atoms with van der Waals surface area (Å²) < 4.78 is 39.4. The van der Waals surface area contributed by atoms with Gasteiger partial charge in [-0.1, -0.05) is 61.7 Å². The van der Waals surface area contributed by atoms with Gasteiger partial charge in [-0.25, -0.2) is 18.4 Å². The number of rotatable bonds is 12. The molecular formula is C35H39Cl3N6O7S. The summed E-state index contributed by atoms with van der Waals surface area (Å²) >= 11 is 18.7. The lowest BCUT2D eigenvalue weighted by Crippen LogP contribution is -2.58. The van der Waals surface area contributed by atoms with Gasteiger partial charge < -0.3 is 25.0 Å². The van der Waals surface area contributed by atoms with E-state index in [1.54, 1.807) is 18.2 Å². The SMILES string of the molecule is C=C[C@@H]1C[C@]1(NC(=O)[C@@H]1C[C@@H](Oc2ncc(OC)c3ccc(Cl)cc23)CN1C(=O)[C@@H](Nc1cc(Cl)cc(Cl)n1)C(C)(C)C)C(=O)NS(=O)(=O)C1CC1. The number of ether oxygens (including phenoxy) is 2. The minimum absolute atomic E-state index is 0.0161. The van der Waals surface area contributed by atoms with Gasteiger partial charge in [-0.15, -0.1) is 6.58 Å². The van der Waals surface area contributed by atoms with E-state index in [2.05, 4.69) is 31.9 Å². The Morgan fingerprint density at radius 2 is 1.83 bits per heavy atom. The number of nitrogens with zero attached hydrogens (tertiary/aromatic N) is 3. The van der Waals surface area contributed by atoms with E-state index in [0.717, 1.165) is 0 Å². The van der Waals surface area contributed by atoms with Crippen LogP contribution in [0, 0.1) is 11.3 Å². The Bertz CT molecular complexity index is 2040. The molecule has 1 aromatic carbocycles. The zero-order chi connectivity index (χ0) is 37.7. The van der Waals surface area contributed by atoms with Crippen LogP contribution in [0.3, 0.4) is 0 Å². The van der Waals surface area contributed by atoms with Gasteiger partial charge in [-0.05, 0) is 55.0 Å². The summed E-state index contributed by atoms with van der Waals surface area (Å²) in [5, 5.41) is 7.44. The molecule has 278 valence electrons. The minimum atomic E-state index is -3.90. The highest BCUT2D eigenvalue weighted by Gasteiger charge is 2.62. The van der Waals surface area contributed by atoms with Crippen LogP contribution in [-0.2, 0) is 24.4 Å². The number of hydrogen-bond acceptors (Lipinski definition) is 10. The van der Waals surface area contributed by atoms with Crippen LogP contribution >= 0.6 is 34.8 Å². The molecule has 2 saturated carbocycles. The topological polar surface area (TPSA) is 169 Å². The molecule has 13 nitrogen and oxygen atoms in total. The first-order valence-corrected chi connectivity index (χ1v) is 19.3. The van der Waals surface area contributed by atoms with Gasteiger partial charge in [0.25, 0.3) is 5.91 Å². The molecule has 17 heteroatoms. The number of carbonyl (C=O) groups is 3. The van der Waals surface area contributed by atoms with E-state index in [0.29, 0.717) is 39.4 Å². The maximum absolute atomic E-state index is 14.6. The fraction of sp³-hybridized carbons (Fsp3) is 0.457. The van der Waals surface area contributed by atoms with Crippen molar-refractivity contribution in [1.82, 2.24) is 24.9 Å². The number of methoxy groups -OCH3 is 1. The van der Waals surface area contributed by atoms with Gasteiger partial charge in [0.15, 0.2) is 0 Å². The summed E-state index contributed by atoms with van der Waals surface area (Å²) in [5.41, 5.74) is -2.27. The molecule has 3 heterocycles. The highest BCUT2D eigenvalue weighted by atomic mass is 35.5. The van der Waals surface area contributed by atoms with Crippen molar-refractivity contribution in [2.75, 3.05) is 19.0 Å². The Morgan fingerprint density at radius 1 is 1.10 bits per heavy atom. The normalized spacial score (nSPS) is 23.4. The molecule has 5 atom stereocenters. The number of pyridine rings is 2. The largest absolute Gasteiger partial charge is 0.494 e. The number of benzene rings is 1. The summed E-state index contributed by atoms with van der Waals surface area (Å²) in [7, 11) is -2.38. The molecule has 0 radical (unpaired) electrons. The summed E-state index contributed by atoms with van der Waals surface area (Å²) in [6, 6.07) is 6.10. The van der Waals surface area contributed by atoms with E-state index in [4.69, 9.17) is 44.3 Å². The van der Waals surface area contributed by atoms with Crippen LogP contribution in [0.2, 0.25) is 15.2 Å². The second-order valence-electron chi connectivity index (χ2n) is 14.4. The maximum Gasteiger partial charge on any atom is 0.259 e. The minimum Gasteiger partial charge on any atom is -0.494 e. The van der Waals surface area contributed by atoms with Crippen LogP contribution in [-0.4, -0.2) is 83.6 Å². The van der Waals surface area contributed by atoms with Gasteiger partial charge in [0, 0.05) is 33.2 Å². The summed E-state index contributed by atoms with van der Waals surface area (Å²) in [4.78, 5) is 52.6. The molecule has 1 aliphatic heterocycles. The first-order valence-electron chi connectivity index (χ1n) is 16.7. The Balaban J connectivity index is 1.33. The number of hydrogen-bond donors (Lipinski definition) is 3. The van der Waals surface area contributed by atoms with Crippen molar-refractivity contribution < 1.29 is 32.3 Å². The number of likely N-dealkylation sites (tertiary alicyclic amines) is 1. The zero-order valence-electron chi connectivity index (χ0n) is 28.9. The standard InChI is InChI=1S/C35H39Cl3N6O7S/c1-6-18-15-35(18,33(47)43-52(48,49)22-8-9-22)42-30(45)25-14-21(51-31-24-11-19(36)7-10-23(24)26(50-5)16-39-31)17-44(25)32(46)29(34(2,3)4)41-28-13-20(37)12-27(38)40-28/h6-7,10-13,16,18,21-22,25,29H,1,8-9,14-15,17H2,2-5H3,(H,40,41)(H,42,45)(H,43,47)/t18-,21-,25+,29-,35-/m1/s1. The molecule has 3 N–H and O–H groups in total. The molecule has 3 aliphatic rings. The molecule has 0 unspecified atom stereocenters. The molecule has 0 bridgehead atoms. The Hall–Kier alpha value is -3.85. The molecule has 0 spiro atoms. The maximum atomic E-state index is 14.6. The highest BCUT2D eigenvalue weighted by Crippen LogP contribution is 2.46. The smallest absolute Gasteiger partial charge is 0.259 e. The van der Waals surface area contributed by atoms with Crippen molar-refractivity contribution in [3.05, 3.63) is 64.4 Å². The van der Waals surface area contributed by atoms with Crippen molar-refractivity contribution in [2.45, 2.75) is 75.4 Å². The number of carbonyl (C=O) groups excluding carboxylic acids is 3. The molecule has 2 aliphatic carbocycles. The van der Waals surface area contributed by atoms with Gasteiger partial charge in [0.05, 0.1) is 25.1 Å². The summed E-state index contributed by atoms with van der Waals surface area (Å²) in [6.07, 6.45) is 3.34. The van der Waals surface area contributed by atoms with Crippen LogP contribution in [0.15, 0.2) is 49.2 Å². The Morgan fingerprint density at radius 3 is 2.44 bits per heavy atom. The zero-order valence-corrected chi connectivity index (χ0v) is 32.0. The first kappa shape index (κ1) is 37.9. The monoisotopic (exact) mass is 792 g/mol. The van der Waals surface area contributed by atoms with Crippen molar-refractivity contribution in [1.29, 1.82) is 0 Å². The van der Waals surface area contributed by atoms with E-state index in [1.165, 1.54) is 36.4 Å². The number of anilines is 1. The molecule has 3 aromatic rings. The van der Waals surface area contributed by atoms with Crippen LogP contribution < -0.4 is 24.8 Å². The van der Waals surface area contributed by atoms with Crippen LogP contribution in [0.1, 0.15) is 46.5 Å². The van der Waals surface area contributed by atoms with Crippen molar-refractivity contribution in [3.63, 3.8) is 0 Å². The Labute approximate surface area is 316 Å². The van der Waals surface area contributed by atoms with Crippen molar-refractivity contribution in [3.8, 4) is 11.6 Å². The van der Waals surface area contributed by atoms with E-state index in [1.807, 2.05) is 20.8 Å². The third kappa shape index (κ3) is 7.75. The number of fused-ring (bicyclic) bond motifs is 1. The van der Waals surface area contributed by atoms with E-state index < -0.39 is 68.1 Å². The van der Waals surface area contributed by atoms with Crippen molar-refractivity contribution >= 4 is 79.1 Å². The predicted octanol–water partition coefficient (Wildman–Crippen LogP) is 5.14. The van der Waals surface area contributed by atoms with E-state index in [-0.39, 0.29) is 36.2 Å². The lowest BCUT2D eigenvalue weighted by Gasteiger charge is -2.36. The average molecular weight is 794 g/mol. The van der Waals surface area contributed by atoms with Crippen LogP contribution in [0.4, 0.5) is 5.82 Å². The molecule has 2 aromatic heterocycles. The fourth-order valence-corrected chi connectivity index (χ4v) is 8.48. The molecule has 1 saturated heterocycles. The third-order valence-electron chi connectivity index (χ3n) is 9.54. The molecule has 6 rings (SSSR count).